The second kappa shape index (κ2) is 3.13. The van der Waals surface area contributed by atoms with Gasteiger partial charge in [0.1, 0.15) is 11.8 Å². The molecule has 7 heavy (non-hydrogen) atoms. The highest BCUT2D eigenvalue weighted by atomic mass is 35.5. The molecule has 1 aliphatic rings. The van der Waals surface area contributed by atoms with Crippen LogP contribution in [0.3, 0.4) is 0 Å². The molecule has 0 aromatic heterocycles. The maximum absolute atomic E-state index is 5.39. The van der Waals surface area contributed by atoms with Crippen LogP contribution in [0.25, 0.3) is 0 Å². The minimum absolute atomic E-state index is 0. The van der Waals surface area contributed by atoms with Gasteiger partial charge in [0.25, 0.3) is 0 Å². The third-order valence-electron chi connectivity index (χ3n) is 0.496. The summed E-state index contributed by atoms with van der Waals surface area (Å²) in [6.45, 7) is 0. The van der Waals surface area contributed by atoms with Crippen molar-refractivity contribution in [2.75, 3.05) is 0 Å². The first-order chi connectivity index (χ1) is 2.89. The normalized spacial score (nSPS) is 26.1. The monoisotopic (exact) mass is 141 g/mol. The molecule has 4 heteroatoms. The summed E-state index contributed by atoms with van der Waals surface area (Å²) < 4.78 is 0. The first-order valence-electron chi connectivity index (χ1n) is 1.61. The number of hydrogen-bond acceptors (Lipinski definition) is 2. The number of halogens is 2. The minimum atomic E-state index is -0.134. The van der Waals surface area contributed by atoms with Crippen molar-refractivity contribution in [3.63, 3.8) is 0 Å². The van der Waals surface area contributed by atoms with Gasteiger partial charge in [-0.25, -0.2) is 0 Å². The molecule has 0 saturated carbocycles. The molecule has 0 radical (unpaired) electrons. The zero-order valence-corrected chi connectivity index (χ0v) is 5.00. The van der Waals surface area contributed by atoms with E-state index in [-0.39, 0.29) is 17.9 Å². The summed E-state index contributed by atoms with van der Waals surface area (Å²) in [6, 6.07) is 0. The Balaban J connectivity index is 0.000000360. The van der Waals surface area contributed by atoms with Gasteiger partial charge >= 0.3 is 0 Å². The van der Waals surface area contributed by atoms with Gasteiger partial charge in [-0.15, -0.1) is 17.9 Å². The van der Waals surface area contributed by atoms with Crippen molar-refractivity contribution in [3.8, 4) is 0 Å². The van der Waals surface area contributed by atoms with Gasteiger partial charge < -0.3 is 4.84 Å². The third-order valence-corrected chi connectivity index (χ3v) is 0.731. The number of rotatable bonds is 0. The van der Waals surface area contributed by atoms with E-state index in [0.29, 0.717) is 0 Å². The van der Waals surface area contributed by atoms with Crippen molar-refractivity contribution in [2.24, 2.45) is 0 Å². The Labute approximate surface area is 52.8 Å². The lowest BCUT2D eigenvalue weighted by Crippen LogP contribution is -2.12. The predicted molar refractivity (Wildman–Crippen MR) is 30.2 cm³/mol. The van der Waals surface area contributed by atoms with E-state index in [1.54, 1.807) is 6.08 Å². The van der Waals surface area contributed by atoms with E-state index < -0.39 is 0 Å². The van der Waals surface area contributed by atoms with Crippen molar-refractivity contribution in [1.82, 2.24) is 5.48 Å². The molecule has 0 amide bonds. The van der Waals surface area contributed by atoms with E-state index in [9.17, 15) is 0 Å². The lowest BCUT2D eigenvalue weighted by molar-refractivity contribution is 0.160. The van der Waals surface area contributed by atoms with Crippen molar-refractivity contribution in [2.45, 2.75) is 5.50 Å². The largest absolute Gasteiger partial charge is 0.415 e. The molecule has 1 unspecified atom stereocenters. The SMILES string of the molecule is Cl.ClC1C=CON1. The van der Waals surface area contributed by atoms with Gasteiger partial charge in [-0.3, -0.25) is 0 Å². The molecule has 1 atom stereocenters. The molecule has 2 nitrogen and oxygen atoms in total. The van der Waals surface area contributed by atoms with Gasteiger partial charge in [-0.1, -0.05) is 11.6 Å². The number of hydroxylamine groups is 1. The Morgan fingerprint density at radius 3 is 2.57 bits per heavy atom. The standard InChI is InChI=1S/C3H4ClNO.ClH/c4-3-1-2-6-5-3;/h1-3,5H;1H. The molecule has 0 spiro atoms. The van der Waals surface area contributed by atoms with Gasteiger partial charge in [0.15, 0.2) is 0 Å². The molecule has 0 saturated heterocycles. The summed E-state index contributed by atoms with van der Waals surface area (Å²) in [5.74, 6) is 0. The van der Waals surface area contributed by atoms with E-state index in [4.69, 9.17) is 11.6 Å². The Hall–Kier alpha value is 0.0800. The summed E-state index contributed by atoms with van der Waals surface area (Å²) >= 11 is 5.39. The van der Waals surface area contributed by atoms with Crippen LogP contribution >= 0.6 is 24.0 Å². The minimum Gasteiger partial charge on any atom is -0.415 e. The van der Waals surface area contributed by atoms with E-state index >= 15 is 0 Å². The van der Waals surface area contributed by atoms with Crippen LogP contribution in [-0.2, 0) is 4.84 Å². The van der Waals surface area contributed by atoms with Gasteiger partial charge in [-0.2, -0.15) is 0 Å². The Kier molecular flexibility index (Phi) is 3.17. The fourth-order valence-electron chi connectivity index (χ4n) is 0.252. The van der Waals surface area contributed by atoms with Crippen molar-refractivity contribution in [1.29, 1.82) is 0 Å². The van der Waals surface area contributed by atoms with Gasteiger partial charge in [0, 0.05) is 0 Å². The molecular weight excluding hydrogens is 137 g/mol. The molecule has 0 fully saturated rings. The number of alkyl halides is 1. The summed E-state index contributed by atoms with van der Waals surface area (Å²) in [5, 5.41) is 0. The second-order valence-electron chi connectivity index (χ2n) is 0.966. The molecule has 1 N–H and O–H groups in total. The highest BCUT2D eigenvalue weighted by molar-refractivity contribution is 6.21. The van der Waals surface area contributed by atoms with Crippen molar-refractivity contribution >= 4 is 24.0 Å². The highest BCUT2D eigenvalue weighted by Crippen LogP contribution is 1.98. The van der Waals surface area contributed by atoms with E-state index in [1.165, 1.54) is 6.26 Å². The van der Waals surface area contributed by atoms with Crippen LogP contribution in [0.5, 0.6) is 0 Å². The smallest absolute Gasteiger partial charge is 0.138 e. The zero-order valence-electron chi connectivity index (χ0n) is 3.43. The molecule has 1 heterocycles. The highest BCUT2D eigenvalue weighted by Gasteiger charge is 2.00. The maximum atomic E-state index is 5.39. The molecule has 1 rings (SSSR count). The Bertz CT molecular complexity index is 75.3. The van der Waals surface area contributed by atoms with Crippen molar-refractivity contribution < 1.29 is 4.84 Å². The van der Waals surface area contributed by atoms with Gasteiger partial charge in [0.05, 0.1) is 0 Å². The second-order valence-corrected chi connectivity index (χ2v) is 1.44. The van der Waals surface area contributed by atoms with Gasteiger partial charge in [0.2, 0.25) is 0 Å². The van der Waals surface area contributed by atoms with E-state index in [0.717, 1.165) is 0 Å². The van der Waals surface area contributed by atoms with E-state index in [1.807, 2.05) is 0 Å². The Morgan fingerprint density at radius 1 is 1.71 bits per heavy atom. The van der Waals surface area contributed by atoms with Crippen molar-refractivity contribution in [3.05, 3.63) is 12.3 Å². The molecule has 42 valence electrons. The quantitative estimate of drug-likeness (QED) is 0.402. The summed E-state index contributed by atoms with van der Waals surface area (Å²) in [4.78, 5) is 4.49. The van der Waals surface area contributed by atoms with Crippen LogP contribution in [0.2, 0.25) is 0 Å². The van der Waals surface area contributed by atoms with Crippen LogP contribution in [-0.4, -0.2) is 5.50 Å². The fraction of sp³-hybridized carbons (Fsp3) is 0.333. The molecular formula is C3H5Cl2NO. The van der Waals surface area contributed by atoms with Gasteiger partial charge in [-0.05, 0) is 6.08 Å². The molecule has 0 aromatic carbocycles. The zero-order chi connectivity index (χ0) is 4.41. The van der Waals surface area contributed by atoms with Crippen LogP contribution < -0.4 is 5.48 Å². The maximum Gasteiger partial charge on any atom is 0.138 e. The first-order valence-corrected chi connectivity index (χ1v) is 2.05. The van der Waals surface area contributed by atoms with Crippen LogP contribution in [0, 0.1) is 0 Å². The van der Waals surface area contributed by atoms with Crippen LogP contribution in [0.4, 0.5) is 0 Å². The first kappa shape index (κ1) is 7.08. The predicted octanol–water partition coefficient (Wildman–Crippen LogP) is 1.02. The fourth-order valence-corrected chi connectivity index (χ4v) is 0.363. The topological polar surface area (TPSA) is 21.3 Å². The number of nitrogens with one attached hydrogen (secondary N) is 1. The lowest BCUT2D eigenvalue weighted by Gasteiger charge is -1.91. The molecule has 0 bridgehead atoms. The summed E-state index contributed by atoms with van der Waals surface area (Å²) in [7, 11) is 0. The average molecular weight is 142 g/mol. The molecule has 1 aliphatic heterocycles. The summed E-state index contributed by atoms with van der Waals surface area (Å²) in [6.07, 6.45) is 3.22. The number of hydrogen-bond donors (Lipinski definition) is 1. The third kappa shape index (κ3) is 2.02. The van der Waals surface area contributed by atoms with Crippen LogP contribution in [0.1, 0.15) is 0 Å². The molecule has 0 aliphatic carbocycles. The average Bonchev–Trinajstić information content (AvgIpc) is 1.86. The molecule has 0 aromatic rings. The summed E-state index contributed by atoms with van der Waals surface area (Å²) in [5.41, 5.74) is 2.34. The van der Waals surface area contributed by atoms with E-state index in [2.05, 4.69) is 10.3 Å². The van der Waals surface area contributed by atoms with Crippen LogP contribution in [0.15, 0.2) is 12.3 Å². The lowest BCUT2D eigenvalue weighted by atomic mass is 10.7. The Morgan fingerprint density at radius 2 is 2.43 bits per heavy atom.